The summed E-state index contributed by atoms with van der Waals surface area (Å²) >= 11 is 0. The average Bonchev–Trinajstić information content (AvgIpc) is 2.45. The molecule has 0 radical (unpaired) electrons. The van der Waals surface area contributed by atoms with Crippen LogP contribution < -0.4 is 10.6 Å². The molecular weight excluding hydrogens is 238 g/mol. The number of carbonyl (C=O) groups excluding carboxylic acids is 1. The lowest BCUT2D eigenvalue weighted by molar-refractivity contribution is 0.0992. The Balaban J connectivity index is 2.33. The maximum atomic E-state index is 12.4. The minimum atomic E-state index is -0.0860. The van der Waals surface area contributed by atoms with Crippen LogP contribution in [0.15, 0.2) is 42.7 Å². The molecule has 2 aromatic rings. The van der Waals surface area contributed by atoms with Gasteiger partial charge in [0.1, 0.15) is 0 Å². The molecule has 1 aromatic carbocycles. The van der Waals surface area contributed by atoms with E-state index in [0.717, 1.165) is 16.8 Å². The molecule has 98 valence electrons. The monoisotopic (exact) mass is 255 g/mol. The lowest BCUT2D eigenvalue weighted by Crippen LogP contribution is -2.27. The lowest BCUT2D eigenvalue weighted by Gasteiger charge is -2.20. The van der Waals surface area contributed by atoms with E-state index >= 15 is 0 Å². The number of para-hydroxylation sites is 1. The second-order valence-electron chi connectivity index (χ2n) is 4.45. The van der Waals surface area contributed by atoms with Crippen LogP contribution in [0.3, 0.4) is 0 Å². The molecule has 2 N–H and O–H groups in total. The van der Waals surface area contributed by atoms with Gasteiger partial charge in [-0.25, -0.2) is 0 Å². The Morgan fingerprint density at radius 3 is 2.74 bits per heavy atom. The van der Waals surface area contributed by atoms with E-state index in [9.17, 15) is 4.79 Å². The second kappa shape index (κ2) is 5.63. The zero-order valence-electron chi connectivity index (χ0n) is 11.1. The van der Waals surface area contributed by atoms with Crippen LogP contribution in [-0.2, 0) is 6.54 Å². The number of benzene rings is 1. The second-order valence-corrected chi connectivity index (χ2v) is 4.45. The molecule has 4 nitrogen and oxygen atoms in total. The predicted octanol–water partition coefficient (Wildman–Crippen LogP) is 2.13. The molecule has 0 atom stereocenters. The van der Waals surface area contributed by atoms with Crippen molar-refractivity contribution in [2.75, 3.05) is 11.9 Å². The van der Waals surface area contributed by atoms with Crippen molar-refractivity contribution in [3.63, 3.8) is 0 Å². The highest BCUT2D eigenvalue weighted by Gasteiger charge is 2.15. The van der Waals surface area contributed by atoms with E-state index < -0.39 is 0 Å². The van der Waals surface area contributed by atoms with Crippen LogP contribution in [0.4, 0.5) is 5.69 Å². The SMILES string of the molecule is Cc1cncc(C(=O)N(C)c2ccccc2CN)c1. The minimum Gasteiger partial charge on any atom is -0.326 e. The van der Waals surface area contributed by atoms with Crippen molar-refractivity contribution in [1.29, 1.82) is 0 Å². The van der Waals surface area contributed by atoms with Gasteiger partial charge in [0.2, 0.25) is 0 Å². The fraction of sp³-hybridized carbons (Fsp3) is 0.200. The van der Waals surface area contributed by atoms with Crippen LogP contribution >= 0.6 is 0 Å². The number of amides is 1. The van der Waals surface area contributed by atoms with Crippen molar-refractivity contribution in [2.45, 2.75) is 13.5 Å². The molecule has 1 heterocycles. The number of nitrogens with zero attached hydrogens (tertiary/aromatic N) is 2. The molecule has 0 aliphatic carbocycles. The molecule has 1 aromatic heterocycles. The third kappa shape index (κ3) is 2.80. The topological polar surface area (TPSA) is 59.2 Å². The molecule has 0 bridgehead atoms. The number of pyridine rings is 1. The number of aromatic nitrogens is 1. The summed E-state index contributed by atoms with van der Waals surface area (Å²) in [5.74, 6) is -0.0860. The first kappa shape index (κ1) is 13.2. The van der Waals surface area contributed by atoms with Crippen molar-refractivity contribution in [1.82, 2.24) is 4.98 Å². The number of anilines is 1. The van der Waals surface area contributed by atoms with Gasteiger partial charge in [0, 0.05) is 31.7 Å². The summed E-state index contributed by atoms with van der Waals surface area (Å²) in [7, 11) is 1.75. The third-order valence-electron chi connectivity index (χ3n) is 3.00. The van der Waals surface area contributed by atoms with Crippen molar-refractivity contribution in [3.8, 4) is 0 Å². The van der Waals surface area contributed by atoms with Crippen molar-refractivity contribution in [3.05, 3.63) is 59.4 Å². The molecule has 0 unspecified atom stereocenters. The normalized spacial score (nSPS) is 10.3. The smallest absolute Gasteiger partial charge is 0.259 e. The number of aryl methyl sites for hydroxylation is 1. The van der Waals surface area contributed by atoms with E-state index in [1.807, 2.05) is 37.3 Å². The fourth-order valence-electron chi connectivity index (χ4n) is 1.99. The Labute approximate surface area is 112 Å². The quantitative estimate of drug-likeness (QED) is 0.914. The van der Waals surface area contributed by atoms with Gasteiger partial charge in [0.05, 0.1) is 5.56 Å². The maximum absolute atomic E-state index is 12.4. The highest BCUT2D eigenvalue weighted by molar-refractivity contribution is 6.06. The van der Waals surface area contributed by atoms with Crippen LogP contribution in [0.5, 0.6) is 0 Å². The van der Waals surface area contributed by atoms with E-state index in [2.05, 4.69) is 4.98 Å². The zero-order chi connectivity index (χ0) is 13.8. The molecule has 0 aliphatic heterocycles. The van der Waals surface area contributed by atoms with Gasteiger partial charge >= 0.3 is 0 Å². The summed E-state index contributed by atoms with van der Waals surface area (Å²) in [6, 6.07) is 9.46. The summed E-state index contributed by atoms with van der Waals surface area (Å²) in [6.45, 7) is 2.32. The minimum absolute atomic E-state index is 0.0860. The first-order valence-electron chi connectivity index (χ1n) is 6.11. The number of hydrogen-bond acceptors (Lipinski definition) is 3. The van der Waals surface area contributed by atoms with E-state index in [1.165, 1.54) is 0 Å². The number of hydrogen-bond donors (Lipinski definition) is 1. The van der Waals surface area contributed by atoms with Gasteiger partial charge in [-0.1, -0.05) is 18.2 Å². The van der Waals surface area contributed by atoms with Gasteiger partial charge in [0.15, 0.2) is 0 Å². The van der Waals surface area contributed by atoms with Gasteiger partial charge < -0.3 is 10.6 Å². The number of carbonyl (C=O) groups is 1. The Bertz CT molecular complexity index is 595. The molecule has 0 spiro atoms. The van der Waals surface area contributed by atoms with Crippen LogP contribution in [0.2, 0.25) is 0 Å². The Morgan fingerprint density at radius 2 is 2.05 bits per heavy atom. The van der Waals surface area contributed by atoms with Gasteiger partial charge in [-0.05, 0) is 30.2 Å². The first-order valence-corrected chi connectivity index (χ1v) is 6.11. The highest BCUT2D eigenvalue weighted by atomic mass is 16.2. The largest absolute Gasteiger partial charge is 0.326 e. The summed E-state index contributed by atoms with van der Waals surface area (Å²) in [5, 5.41) is 0. The Hall–Kier alpha value is -2.20. The molecule has 1 amide bonds. The van der Waals surface area contributed by atoms with Gasteiger partial charge in [-0.2, -0.15) is 0 Å². The van der Waals surface area contributed by atoms with Crippen molar-refractivity contribution < 1.29 is 4.79 Å². The molecule has 0 saturated carbocycles. The average molecular weight is 255 g/mol. The van der Waals surface area contributed by atoms with Gasteiger partial charge in [-0.15, -0.1) is 0 Å². The molecule has 19 heavy (non-hydrogen) atoms. The summed E-state index contributed by atoms with van der Waals surface area (Å²) < 4.78 is 0. The number of rotatable bonds is 3. The van der Waals surface area contributed by atoms with Crippen LogP contribution in [0, 0.1) is 6.92 Å². The van der Waals surface area contributed by atoms with Crippen molar-refractivity contribution >= 4 is 11.6 Å². The molecule has 0 aliphatic rings. The third-order valence-corrected chi connectivity index (χ3v) is 3.00. The summed E-state index contributed by atoms with van der Waals surface area (Å²) in [5.41, 5.74) is 9.02. The highest BCUT2D eigenvalue weighted by Crippen LogP contribution is 2.20. The van der Waals surface area contributed by atoms with Crippen molar-refractivity contribution in [2.24, 2.45) is 5.73 Å². The predicted molar refractivity (Wildman–Crippen MR) is 76.0 cm³/mol. The van der Waals surface area contributed by atoms with Gasteiger partial charge in [-0.3, -0.25) is 9.78 Å². The molecule has 4 heteroatoms. The molecule has 0 saturated heterocycles. The fourth-order valence-corrected chi connectivity index (χ4v) is 1.99. The van der Waals surface area contributed by atoms with E-state index in [4.69, 9.17) is 5.73 Å². The van der Waals surface area contributed by atoms with Crippen LogP contribution in [0.1, 0.15) is 21.5 Å². The molecule has 2 rings (SSSR count). The molecule has 0 fully saturated rings. The van der Waals surface area contributed by atoms with E-state index in [0.29, 0.717) is 12.1 Å². The zero-order valence-corrected chi connectivity index (χ0v) is 11.1. The number of nitrogens with two attached hydrogens (primary N) is 1. The summed E-state index contributed by atoms with van der Waals surface area (Å²) in [4.78, 5) is 18.1. The van der Waals surface area contributed by atoms with Crippen LogP contribution in [0.25, 0.3) is 0 Å². The standard InChI is InChI=1S/C15H17N3O/c1-11-7-13(10-17-9-11)15(19)18(2)14-6-4-3-5-12(14)8-16/h3-7,9-10H,8,16H2,1-2H3. The van der Waals surface area contributed by atoms with Crippen LogP contribution in [-0.4, -0.2) is 17.9 Å². The summed E-state index contributed by atoms with van der Waals surface area (Å²) in [6.07, 6.45) is 3.31. The van der Waals surface area contributed by atoms with E-state index in [1.54, 1.807) is 24.3 Å². The first-order chi connectivity index (χ1) is 9.13. The maximum Gasteiger partial charge on any atom is 0.259 e. The molecular formula is C15H17N3O. The van der Waals surface area contributed by atoms with Gasteiger partial charge in [0.25, 0.3) is 5.91 Å². The van der Waals surface area contributed by atoms with E-state index in [-0.39, 0.29) is 5.91 Å². The Kier molecular flexibility index (Phi) is 3.92. The lowest BCUT2D eigenvalue weighted by atomic mass is 10.1. The Morgan fingerprint density at radius 1 is 1.32 bits per heavy atom.